The van der Waals surface area contributed by atoms with Crippen LogP contribution >= 0.6 is 23.1 Å². The van der Waals surface area contributed by atoms with Gasteiger partial charge >= 0.3 is 5.97 Å². The molecule has 3 aliphatic rings. The van der Waals surface area contributed by atoms with E-state index in [4.69, 9.17) is 15.3 Å². The maximum absolute atomic E-state index is 14.3. The zero-order chi connectivity index (χ0) is 41.1. The quantitative estimate of drug-likeness (QED) is 0.0449. The predicted molar refractivity (Wildman–Crippen MR) is 224 cm³/mol. The van der Waals surface area contributed by atoms with Crippen molar-refractivity contribution < 1.29 is 33.9 Å². The van der Waals surface area contributed by atoms with Gasteiger partial charge in [-0.25, -0.2) is 9.78 Å². The highest BCUT2D eigenvalue weighted by atomic mass is 32.2. The van der Waals surface area contributed by atoms with E-state index in [9.17, 15) is 24.3 Å². The molecule has 0 saturated carbocycles. The number of carboxylic acid groups (broad SMARTS) is 1. The van der Waals surface area contributed by atoms with Crippen LogP contribution in [-0.4, -0.2) is 80.1 Å². The molecule has 2 saturated heterocycles. The van der Waals surface area contributed by atoms with Crippen molar-refractivity contribution in [3.05, 3.63) is 172 Å². The molecule has 0 radical (unpaired) electrons. The second-order valence-electron chi connectivity index (χ2n) is 13.9. The van der Waals surface area contributed by atoms with E-state index >= 15 is 0 Å². The van der Waals surface area contributed by atoms with Gasteiger partial charge in [-0.2, -0.15) is 0 Å². The standard InChI is InChI=1S/C44H38N6O7S2/c1-56-33-19-17-27(18-20-33)24-49-22-21-28(39(49)52)23-29-25-58-41-36(40(53)50(41)37(29)42(54)55)47-38(51)35(34-26-59-43(45)46-34)48-57-44(30-11-5-2-6-12-30,31-13-7-3-8-14-31)32-15-9-4-10-16-32/h2-20,23,26,36,41H,21-22,24-25H2,1H3,(H2,45,46)(H,47,51)(H,54,55)/b28-23+,48-35-/t36-,41-/m1/s1. The van der Waals surface area contributed by atoms with Crippen molar-refractivity contribution in [1.29, 1.82) is 0 Å². The molecule has 0 bridgehead atoms. The highest BCUT2D eigenvalue weighted by Gasteiger charge is 2.54. The average molecular weight is 827 g/mol. The molecule has 15 heteroatoms. The minimum atomic E-state index is -1.32. The SMILES string of the molecule is COc1ccc(CN2CC/C(=C\C3=C(C(=O)O)N4C(=O)[C@@H](NC(=O)/C(=N\OC(c5ccccc5)(c5ccccc5)c5ccccc5)c5csc(N)n5)[C@H]4SC3)C2=O)cc1. The molecule has 4 aromatic carbocycles. The third-order valence-corrected chi connectivity index (χ3v) is 12.4. The molecule has 4 N–H and O–H groups in total. The van der Waals surface area contributed by atoms with Crippen LogP contribution < -0.4 is 15.8 Å². The number of nitrogens with zero attached hydrogens (tertiary/aromatic N) is 4. The fraction of sp³-hybridized carbons (Fsp3) is 0.182. The minimum absolute atomic E-state index is 0.135. The molecule has 298 valence electrons. The largest absolute Gasteiger partial charge is 0.497 e. The van der Waals surface area contributed by atoms with Gasteiger partial charge in [-0.05, 0) is 35.8 Å². The van der Waals surface area contributed by atoms with Crippen molar-refractivity contribution in [2.45, 2.75) is 30.0 Å². The normalized spacial score (nSPS) is 18.7. The first-order valence-electron chi connectivity index (χ1n) is 18.7. The number of aromatic nitrogens is 1. The molecule has 8 rings (SSSR count). The highest BCUT2D eigenvalue weighted by Crippen LogP contribution is 2.43. The van der Waals surface area contributed by atoms with Gasteiger partial charge in [0.25, 0.3) is 11.8 Å². The molecular formula is C44H38N6O7S2. The number of hydrogen-bond acceptors (Lipinski definition) is 11. The molecule has 3 aliphatic heterocycles. The number of nitrogen functional groups attached to an aromatic ring is 1. The Morgan fingerprint density at radius 1 is 0.949 bits per heavy atom. The molecule has 13 nitrogen and oxygen atoms in total. The van der Waals surface area contributed by atoms with Crippen LogP contribution in [0, 0.1) is 0 Å². The number of nitrogens with one attached hydrogen (secondary N) is 1. The van der Waals surface area contributed by atoms with Crippen molar-refractivity contribution >= 4 is 57.6 Å². The summed E-state index contributed by atoms with van der Waals surface area (Å²) in [5, 5.41) is 18.7. The number of benzene rings is 4. The number of carboxylic acids is 1. The van der Waals surface area contributed by atoms with Crippen molar-refractivity contribution in [3.63, 3.8) is 0 Å². The Labute approximate surface area is 347 Å². The number of oxime groups is 1. The summed E-state index contributed by atoms with van der Waals surface area (Å²) in [5.74, 6) is -1.98. The summed E-state index contributed by atoms with van der Waals surface area (Å²) in [7, 11) is 1.59. The lowest BCUT2D eigenvalue weighted by Gasteiger charge is -2.49. The first-order chi connectivity index (χ1) is 28.7. The van der Waals surface area contributed by atoms with Gasteiger partial charge in [0, 0.05) is 46.5 Å². The number of carbonyl (C=O) groups is 4. The van der Waals surface area contributed by atoms with Gasteiger partial charge < -0.3 is 30.6 Å². The van der Waals surface area contributed by atoms with E-state index in [1.54, 1.807) is 23.5 Å². The first kappa shape index (κ1) is 39.1. The second kappa shape index (κ2) is 16.6. The van der Waals surface area contributed by atoms with E-state index in [1.165, 1.54) is 16.7 Å². The Bertz CT molecular complexity index is 2390. The molecule has 0 unspecified atom stereocenters. The van der Waals surface area contributed by atoms with Crippen molar-refractivity contribution in [2.75, 3.05) is 25.1 Å². The summed E-state index contributed by atoms with van der Waals surface area (Å²) >= 11 is 2.40. The fourth-order valence-electron chi connectivity index (χ4n) is 7.47. The average Bonchev–Trinajstić information content (AvgIpc) is 3.85. The van der Waals surface area contributed by atoms with Gasteiger partial charge in [-0.3, -0.25) is 19.3 Å². The number of hydrogen-bond donors (Lipinski definition) is 3. The summed E-state index contributed by atoms with van der Waals surface area (Å²) in [4.78, 5) is 68.1. The topological polar surface area (TPSA) is 177 Å². The van der Waals surface area contributed by atoms with Crippen molar-refractivity contribution in [1.82, 2.24) is 20.1 Å². The van der Waals surface area contributed by atoms with E-state index in [0.29, 0.717) is 36.4 Å². The molecule has 1 aromatic heterocycles. The number of likely N-dealkylation sites (tertiary alicyclic amines) is 1. The smallest absolute Gasteiger partial charge is 0.352 e. The number of amides is 3. The van der Waals surface area contributed by atoms with Gasteiger partial charge in [0.15, 0.2) is 10.8 Å². The molecule has 4 heterocycles. The number of carbonyl (C=O) groups excluding carboxylic acids is 3. The van der Waals surface area contributed by atoms with E-state index in [0.717, 1.165) is 33.6 Å². The monoisotopic (exact) mass is 826 g/mol. The molecular weight excluding hydrogens is 789 g/mol. The van der Waals surface area contributed by atoms with Crippen LogP contribution in [0.1, 0.15) is 34.4 Å². The summed E-state index contributed by atoms with van der Waals surface area (Å²) in [6, 6.07) is 34.8. The first-order valence-corrected chi connectivity index (χ1v) is 20.6. The lowest BCUT2D eigenvalue weighted by Crippen LogP contribution is -2.71. The van der Waals surface area contributed by atoms with Gasteiger partial charge in [0.2, 0.25) is 11.5 Å². The van der Waals surface area contributed by atoms with Crippen molar-refractivity contribution in [2.24, 2.45) is 5.16 Å². The van der Waals surface area contributed by atoms with Crippen LogP contribution in [0.25, 0.3) is 0 Å². The zero-order valence-electron chi connectivity index (χ0n) is 31.7. The number of β-lactam (4-membered cyclic amide) rings is 1. The summed E-state index contributed by atoms with van der Waals surface area (Å²) in [6.07, 6.45) is 2.02. The van der Waals surface area contributed by atoms with Crippen molar-refractivity contribution in [3.8, 4) is 5.75 Å². The van der Waals surface area contributed by atoms with Crippen LogP contribution in [0.2, 0.25) is 0 Å². The Kier molecular flexibility index (Phi) is 11.0. The molecule has 2 fully saturated rings. The number of aliphatic carboxylic acids is 1. The van der Waals surface area contributed by atoms with Gasteiger partial charge in [-0.1, -0.05) is 108 Å². The molecule has 0 aliphatic carbocycles. The number of anilines is 1. The van der Waals surface area contributed by atoms with Gasteiger partial charge in [-0.15, -0.1) is 23.1 Å². The molecule has 3 amide bonds. The molecule has 59 heavy (non-hydrogen) atoms. The number of thiazole rings is 1. The third kappa shape index (κ3) is 7.57. The minimum Gasteiger partial charge on any atom is -0.497 e. The van der Waals surface area contributed by atoms with Crippen LogP contribution in [-0.2, 0) is 36.2 Å². The summed E-state index contributed by atoms with van der Waals surface area (Å²) in [5.41, 5.74) is 8.35. The van der Waals surface area contributed by atoms with E-state index in [2.05, 4.69) is 15.5 Å². The zero-order valence-corrected chi connectivity index (χ0v) is 33.3. The number of ether oxygens (including phenoxy) is 1. The maximum Gasteiger partial charge on any atom is 0.352 e. The Hall–Kier alpha value is -6.71. The molecule has 2 atom stereocenters. The van der Waals surface area contributed by atoms with Crippen LogP contribution in [0.5, 0.6) is 5.75 Å². The lowest BCUT2D eigenvalue weighted by atomic mass is 9.80. The number of rotatable bonds is 13. The molecule has 5 aromatic rings. The van der Waals surface area contributed by atoms with E-state index in [-0.39, 0.29) is 33.9 Å². The predicted octanol–water partition coefficient (Wildman–Crippen LogP) is 5.54. The Morgan fingerprint density at radius 3 is 2.10 bits per heavy atom. The van der Waals surface area contributed by atoms with Crippen LogP contribution in [0.15, 0.2) is 149 Å². The molecule has 0 spiro atoms. The van der Waals surface area contributed by atoms with Gasteiger partial charge in [0.1, 0.15) is 28.6 Å². The maximum atomic E-state index is 14.3. The Morgan fingerprint density at radius 2 is 1.56 bits per heavy atom. The van der Waals surface area contributed by atoms with E-state index in [1.807, 2.05) is 115 Å². The van der Waals surface area contributed by atoms with Gasteiger partial charge in [0.05, 0.1) is 7.11 Å². The summed E-state index contributed by atoms with van der Waals surface area (Å²) < 4.78 is 5.23. The van der Waals surface area contributed by atoms with Crippen LogP contribution in [0.3, 0.4) is 0 Å². The number of nitrogens with two attached hydrogens (primary N) is 1. The van der Waals surface area contributed by atoms with E-state index < -0.39 is 34.8 Å². The number of methoxy groups -OCH3 is 1. The Balaban J connectivity index is 1.06. The number of thioether (sulfide) groups is 1. The second-order valence-corrected chi connectivity index (χ2v) is 15.9. The third-order valence-electron chi connectivity index (χ3n) is 10.4. The lowest BCUT2D eigenvalue weighted by molar-refractivity contribution is -0.150. The number of fused-ring (bicyclic) bond motifs is 1. The van der Waals surface area contributed by atoms with Crippen LogP contribution in [0.4, 0.5) is 5.13 Å². The highest BCUT2D eigenvalue weighted by molar-refractivity contribution is 8.00. The summed E-state index contributed by atoms with van der Waals surface area (Å²) in [6.45, 7) is 0.865. The number of allylic oxidation sites excluding steroid dienone is 1. The fourth-order valence-corrected chi connectivity index (χ4v) is 9.32.